The van der Waals surface area contributed by atoms with Crippen molar-refractivity contribution in [1.29, 1.82) is 0 Å². The largest absolute Gasteiger partial charge is 0.279 e. The van der Waals surface area contributed by atoms with Gasteiger partial charge in [-0.2, -0.15) is 5.10 Å². The molecular weight excluding hydrogens is 377 g/mol. The van der Waals surface area contributed by atoms with Crippen molar-refractivity contribution in [1.82, 2.24) is 9.78 Å². The van der Waals surface area contributed by atoms with Gasteiger partial charge in [0.25, 0.3) is 10.0 Å². The molecule has 0 aliphatic heterocycles. The standard InChI is InChI=1S/C14H11Cl2N3O2S2/c1-9-5-6-17-19(9)11-4-2-3-10(7-11)18-23(20,21)12-8-13(15)22-14(12)16/h2-8,18H,1H3. The van der Waals surface area contributed by atoms with Gasteiger partial charge in [0.15, 0.2) is 0 Å². The van der Waals surface area contributed by atoms with Crippen LogP contribution in [0.2, 0.25) is 8.67 Å². The quantitative estimate of drug-likeness (QED) is 0.723. The van der Waals surface area contributed by atoms with Gasteiger partial charge in [-0.15, -0.1) is 11.3 Å². The Hall–Kier alpha value is -1.54. The van der Waals surface area contributed by atoms with Crippen molar-refractivity contribution in [3.05, 3.63) is 57.0 Å². The summed E-state index contributed by atoms with van der Waals surface area (Å²) in [5.74, 6) is 0. The van der Waals surface area contributed by atoms with Gasteiger partial charge >= 0.3 is 0 Å². The molecular formula is C14H11Cl2N3O2S2. The number of aryl methyl sites for hydroxylation is 1. The van der Waals surface area contributed by atoms with Crippen LogP contribution in [-0.2, 0) is 10.0 Å². The topological polar surface area (TPSA) is 64.0 Å². The molecule has 0 atom stereocenters. The van der Waals surface area contributed by atoms with E-state index >= 15 is 0 Å². The van der Waals surface area contributed by atoms with Crippen molar-refractivity contribution in [2.75, 3.05) is 4.72 Å². The van der Waals surface area contributed by atoms with Crippen LogP contribution in [0.3, 0.4) is 0 Å². The van der Waals surface area contributed by atoms with Crippen molar-refractivity contribution in [2.45, 2.75) is 11.8 Å². The van der Waals surface area contributed by atoms with Crippen LogP contribution in [0.25, 0.3) is 5.69 Å². The third-order valence-electron chi connectivity index (χ3n) is 3.09. The van der Waals surface area contributed by atoms with E-state index in [2.05, 4.69) is 9.82 Å². The minimum Gasteiger partial charge on any atom is -0.279 e. The highest BCUT2D eigenvalue weighted by Gasteiger charge is 2.21. The lowest BCUT2D eigenvalue weighted by Crippen LogP contribution is -2.13. The lowest BCUT2D eigenvalue weighted by molar-refractivity contribution is 0.601. The Bertz CT molecular complexity index is 964. The lowest BCUT2D eigenvalue weighted by atomic mass is 10.3. The van der Waals surface area contributed by atoms with Crippen molar-refractivity contribution in [2.24, 2.45) is 0 Å². The second kappa shape index (κ2) is 6.16. The number of benzene rings is 1. The molecule has 3 aromatic rings. The fourth-order valence-electron chi connectivity index (χ4n) is 2.06. The SMILES string of the molecule is Cc1ccnn1-c1cccc(NS(=O)(=O)c2cc(Cl)sc2Cl)c1. The predicted molar refractivity (Wildman–Crippen MR) is 93.4 cm³/mol. The first kappa shape index (κ1) is 16.3. The molecule has 0 saturated heterocycles. The molecule has 3 rings (SSSR count). The molecule has 23 heavy (non-hydrogen) atoms. The van der Waals surface area contributed by atoms with Crippen LogP contribution in [-0.4, -0.2) is 18.2 Å². The van der Waals surface area contributed by atoms with E-state index < -0.39 is 10.0 Å². The van der Waals surface area contributed by atoms with Gasteiger partial charge < -0.3 is 0 Å². The maximum atomic E-state index is 12.4. The number of nitrogens with zero attached hydrogens (tertiary/aromatic N) is 2. The van der Waals surface area contributed by atoms with Crippen LogP contribution in [0.5, 0.6) is 0 Å². The zero-order valence-electron chi connectivity index (χ0n) is 11.8. The summed E-state index contributed by atoms with van der Waals surface area (Å²) in [7, 11) is -3.80. The van der Waals surface area contributed by atoms with E-state index in [4.69, 9.17) is 23.2 Å². The molecule has 0 unspecified atom stereocenters. The van der Waals surface area contributed by atoms with Gasteiger partial charge in [-0.05, 0) is 37.3 Å². The molecule has 9 heteroatoms. The van der Waals surface area contributed by atoms with Crippen molar-refractivity contribution in [3.63, 3.8) is 0 Å². The number of sulfonamides is 1. The Labute approximate surface area is 147 Å². The Morgan fingerprint density at radius 1 is 1.22 bits per heavy atom. The summed E-state index contributed by atoms with van der Waals surface area (Å²) in [4.78, 5) is -0.0326. The summed E-state index contributed by atoms with van der Waals surface area (Å²) in [5, 5.41) is 4.20. The van der Waals surface area contributed by atoms with E-state index in [0.717, 1.165) is 22.7 Å². The van der Waals surface area contributed by atoms with E-state index in [0.29, 0.717) is 10.0 Å². The van der Waals surface area contributed by atoms with Crippen LogP contribution >= 0.6 is 34.5 Å². The summed E-state index contributed by atoms with van der Waals surface area (Å²) >= 11 is 12.8. The van der Waals surface area contributed by atoms with E-state index in [1.807, 2.05) is 19.1 Å². The monoisotopic (exact) mass is 387 g/mol. The number of halogens is 2. The number of rotatable bonds is 4. The molecule has 120 valence electrons. The lowest BCUT2D eigenvalue weighted by Gasteiger charge is -2.10. The van der Waals surface area contributed by atoms with Gasteiger partial charge in [0, 0.05) is 11.9 Å². The highest BCUT2D eigenvalue weighted by Crippen LogP contribution is 2.35. The van der Waals surface area contributed by atoms with Crippen LogP contribution in [0.15, 0.2) is 47.5 Å². The average molecular weight is 388 g/mol. The minimum atomic E-state index is -3.80. The molecule has 0 fully saturated rings. The maximum absolute atomic E-state index is 12.4. The zero-order chi connectivity index (χ0) is 16.6. The number of thiophene rings is 1. The predicted octanol–water partition coefficient (Wildman–Crippen LogP) is 4.35. The Kier molecular flexibility index (Phi) is 4.37. The van der Waals surface area contributed by atoms with E-state index in [1.54, 1.807) is 29.1 Å². The summed E-state index contributed by atoms with van der Waals surface area (Å²) in [6, 6.07) is 10.1. The Morgan fingerprint density at radius 2 is 2.00 bits per heavy atom. The molecule has 1 N–H and O–H groups in total. The average Bonchev–Trinajstić information content (AvgIpc) is 3.04. The second-order valence-corrected chi connectivity index (χ2v) is 8.67. The number of aromatic nitrogens is 2. The fraction of sp³-hybridized carbons (Fsp3) is 0.0714. The number of hydrogen-bond acceptors (Lipinski definition) is 4. The first-order chi connectivity index (χ1) is 10.9. The fourth-order valence-corrected chi connectivity index (χ4v) is 5.26. The number of nitrogens with one attached hydrogen (secondary N) is 1. The van der Waals surface area contributed by atoms with Crippen LogP contribution in [0.1, 0.15) is 5.69 Å². The van der Waals surface area contributed by atoms with Crippen molar-refractivity contribution < 1.29 is 8.42 Å². The van der Waals surface area contributed by atoms with Gasteiger partial charge in [-0.25, -0.2) is 13.1 Å². The molecule has 5 nitrogen and oxygen atoms in total. The summed E-state index contributed by atoms with van der Waals surface area (Å²) in [6.07, 6.45) is 1.68. The first-order valence-electron chi connectivity index (χ1n) is 6.45. The summed E-state index contributed by atoms with van der Waals surface area (Å²) in [5.41, 5.74) is 2.11. The summed E-state index contributed by atoms with van der Waals surface area (Å²) in [6.45, 7) is 1.91. The molecule has 0 aliphatic carbocycles. The van der Waals surface area contributed by atoms with Crippen molar-refractivity contribution >= 4 is 50.2 Å². The first-order valence-corrected chi connectivity index (χ1v) is 9.51. The normalized spacial score (nSPS) is 11.6. The molecule has 1 aromatic carbocycles. The van der Waals surface area contributed by atoms with Crippen molar-refractivity contribution in [3.8, 4) is 5.69 Å². The van der Waals surface area contributed by atoms with E-state index in [1.165, 1.54) is 6.07 Å². The minimum absolute atomic E-state index is 0.0326. The Morgan fingerprint density at radius 3 is 2.61 bits per heavy atom. The number of hydrogen-bond donors (Lipinski definition) is 1. The van der Waals surface area contributed by atoms with Gasteiger partial charge in [-0.1, -0.05) is 29.3 Å². The smallest absolute Gasteiger partial charge is 0.264 e. The summed E-state index contributed by atoms with van der Waals surface area (Å²) < 4.78 is 29.5. The number of anilines is 1. The van der Waals surface area contributed by atoms with Crippen LogP contribution in [0, 0.1) is 6.92 Å². The van der Waals surface area contributed by atoms with E-state index in [9.17, 15) is 8.42 Å². The molecule has 2 aromatic heterocycles. The highest BCUT2D eigenvalue weighted by molar-refractivity contribution is 7.93. The third kappa shape index (κ3) is 3.37. The molecule has 0 aliphatic rings. The molecule has 0 saturated carbocycles. The third-order valence-corrected chi connectivity index (χ3v) is 6.22. The van der Waals surface area contributed by atoms with E-state index in [-0.39, 0.29) is 9.23 Å². The van der Waals surface area contributed by atoms with Crippen LogP contribution in [0.4, 0.5) is 5.69 Å². The van der Waals surface area contributed by atoms with Crippen LogP contribution < -0.4 is 4.72 Å². The van der Waals surface area contributed by atoms with Gasteiger partial charge in [0.1, 0.15) is 9.23 Å². The van der Waals surface area contributed by atoms with Gasteiger partial charge in [0.2, 0.25) is 0 Å². The molecule has 0 spiro atoms. The van der Waals surface area contributed by atoms with Gasteiger partial charge in [0.05, 0.1) is 15.7 Å². The molecule has 0 bridgehead atoms. The molecule has 0 radical (unpaired) electrons. The highest BCUT2D eigenvalue weighted by atomic mass is 35.5. The molecule has 0 amide bonds. The zero-order valence-corrected chi connectivity index (χ0v) is 15.0. The second-order valence-electron chi connectivity index (χ2n) is 4.73. The maximum Gasteiger partial charge on any atom is 0.264 e. The Balaban J connectivity index is 1.95. The van der Waals surface area contributed by atoms with Gasteiger partial charge in [-0.3, -0.25) is 4.72 Å². The molecule has 2 heterocycles.